The first kappa shape index (κ1) is 19.7. The minimum atomic E-state index is -3.68. The van der Waals surface area contributed by atoms with Crippen molar-refractivity contribution in [3.63, 3.8) is 0 Å². The van der Waals surface area contributed by atoms with Crippen molar-refractivity contribution in [2.75, 3.05) is 13.1 Å². The van der Waals surface area contributed by atoms with Gasteiger partial charge in [0, 0.05) is 18.7 Å². The lowest BCUT2D eigenvalue weighted by atomic mass is 9.96. The van der Waals surface area contributed by atoms with E-state index < -0.39 is 10.0 Å². The average Bonchev–Trinajstić information content (AvgIpc) is 3.33. The summed E-state index contributed by atoms with van der Waals surface area (Å²) >= 11 is 0. The fraction of sp³-hybridized carbons (Fsp3) is 0.318. The second kappa shape index (κ2) is 7.49. The van der Waals surface area contributed by atoms with Crippen molar-refractivity contribution in [3.05, 3.63) is 59.9 Å². The lowest BCUT2D eigenvalue weighted by molar-refractivity contribution is -0.126. The first-order chi connectivity index (χ1) is 14.9. The number of amidine groups is 1. The number of carbonyl (C=O) groups is 1. The van der Waals surface area contributed by atoms with Gasteiger partial charge in [-0.25, -0.2) is 4.98 Å². The van der Waals surface area contributed by atoms with Crippen LogP contribution in [0.2, 0.25) is 0 Å². The molecule has 1 unspecified atom stereocenters. The number of hydrogen-bond acceptors (Lipinski definition) is 5. The van der Waals surface area contributed by atoms with Gasteiger partial charge in [-0.05, 0) is 44.0 Å². The van der Waals surface area contributed by atoms with Crippen molar-refractivity contribution >= 4 is 32.8 Å². The molecule has 2 N–H and O–H groups in total. The molecule has 2 aromatic carbocycles. The first-order valence-corrected chi connectivity index (χ1v) is 11.8. The van der Waals surface area contributed by atoms with E-state index in [0.717, 1.165) is 23.9 Å². The van der Waals surface area contributed by atoms with Crippen molar-refractivity contribution in [3.8, 4) is 0 Å². The fourth-order valence-electron chi connectivity index (χ4n) is 4.28. The number of nitrogens with one attached hydrogen (secondary N) is 2. The summed E-state index contributed by atoms with van der Waals surface area (Å²) in [6, 6.07) is 14.3. The Morgan fingerprint density at radius 2 is 1.97 bits per heavy atom. The molecule has 0 saturated carbocycles. The number of amides is 1. The molecular weight excluding hydrogens is 414 g/mol. The van der Waals surface area contributed by atoms with E-state index in [1.54, 1.807) is 24.3 Å². The summed E-state index contributed by atoms with van der Waals surface area (Å²) < 4.78 is 28.8. The Labute approximate surface area is 180 Å². The molecule has 3 aromatic rings. The molecule has 0 aliphatic carbocycles. The van der Waals surface area contributed by atoms with E-state index >= 15 is 0 Å². The van der Waals surface area contributed by atoms with E-state index in [1.807, 2.05) is 36.1 Å². The van der Waals surface area contributed by atoms with Crippen LogP contribution in [0.3, 0.4) is 0 Å². The van der Waals surface area contributed by atoms with Crippen LogP contribution in [0.1, 0.15) is 37.2 Å². The number of carbonyl (C=O) groups excluding carboxylic acids is 1. The number of benzene rings is 2. The van der Waals surface area contributed by atoms with Gasteiger partial charge in [-0.3, -0.25) is 4.79 Å². The van der Waals surface area contributed by atoms with Crippen molar-refractivity contribution in [2.45, 2.75) is 30.7 Å². The second-order valence-electron chi connectivity index (χ2n) is 8.04. The highest BCUT2D eigenvalue weighted by atomic mass is 32.2. The van der Waals surface area contributed by atoms with Crippen molar-refractivity contribution < 1.29 is 13.2 Å². The molecule has 9 heteroatoms. The highest BCUT2D eigenvalue weighted by molar-refractivity contribution is 7.90. The normalized spacial score (nSPS) is 20.9. The summed E-state index contributed by atoms with van der Waals surface area (Å²) in [5, 5.41) is 3.06. The molecular formula is C22H23N5O3S. The zero-order chi connectivity index (χ0) is 21.6. The highest BCUT2D eigenvalue weighted by Crippen LogP contribution is 2.30. The number of likely N-dealkylation sites (tertiary alicyclic amines) is 1. The molecule has 31 heavy (non-hydrogen) atoms. The zero-order valence-corrected chi connectivity index (χ0v) is 17.9. The number of rotatable bonds is 3. The van der Waals surface area contributed by atoms with Crippen LogP contribution in [-0.4, -0.2) is 48.1 Å². The molecule has 2 atom stereocenters. The smallest absolute Gasteiger partial charge is 0.285 e. The van der Waals surface area contributed by atoms with E-state index in [0.29, 0.717) is 30.3 Å². The van der Waals surface area contributed by atoms with Crippen molar-refractivity contribution in [1.29, 1.82) is 0 Å². The second-order valence-corrected chi connectivity index (χ2v) is 9.61. The third kappa shape index (κ3) is 3.59. The third-order valence-corrected chi connectivity index (χ3v) is 7.21. The summed E-state index contributed by atoms with van der Waals surface area (Å²) in [5.41, 5.74) is 2.40. The Bertz CT molecular complexity index is 1260. The van der Waals surface area contributed by atoms with Crippen LogP contribution in [0.4, 0.5) is 0 Å². The van der Waals surface area contributed by atoms with Crippen molar-refractivity contribution in [2.24, 2.45) is 10.3 Å². The van der Waals surface area contributed by atoms with Gasteiger partial charge in [0.25, 0.3) is 10.0 Å². The fourth-order valence-corrected chi connectivity index (χ4v) is 5.50. The molecule has 2 aliphatic rings. The SMILES string of the molecule is C[C@H](NC(=O)C1CCCN(C2=NS(=O)(=O)c3ccccc32)C1)c1nc2ccccc2[nH]1. The number of aromatic amines is 1. The minimum absolute atomic E-state index is 0.0626. The quantitative estimate of drug-likeness (QED) is 0.655. The van der Waals surface area contributed by atoms with Crippen LogP contribution in [0.25, 0.3) is 11.0 Å². The number of hydrogen-bond donors (Lipinski definition) is 2. The number of imidazole rings is 1. The Morgan fingerprint density at radius 3 is 2.81 bits per heavy atom. The lowest BCUT2D eigenvalue weighted by Gasteiger charge is -2.33. The topological polar surface area (TPSA) is 108 Å². The molecule has 1 saturated heterocycles. The monoisotopic (exact) mass is 437 g/mol. The summed E-state index contributed by atoms with van der Waals surface area (Å²) in [6.07, 6.45) is 1.54. The summed E-state index contributed by atoms with van der Waals surface area (Å²) in [7, 11) is -3.68. The van der Waals surface area contributed by atoms with Gasteiger partial charge in [0.15, 0.2) is 5.84 Å². The van der Waals surface area contributed by atoms with Crippen LogP contribution in [0.15, 0.2) is 57.8 Å². The van der Waals surface area contributed by atoms with Gasteiger partial charge < -0.3 is 15.2 Å². The highest BCUT2D eigenvalue weighted by Gasteiger charge is 2.35. The van der Waals surface area contributed by atoms with Crippen LogP contribution >= 0.6 is 0 Å². The number of sulfonamides is 1. The molecule has 0 radical (unpaired) electrons. The van der Waals surface area contributed by atoms with Crippen molar-refractivity contribution in [1.82, 2.24) is 20.2 Å². The Morgan fingerprint density at radius 1 is 1.19 bits per heavy atom. The number of aromatic nitrogens is 2. The van der Waals surface area contributed by atoms with Crippen LogP contribution in [0, 0.1) is 5.92 Å². The largest absolute Gasteiger partial charge is 0.355 e. The van der Waals surface area contributed by atoms with Gasteiger partial charge >= 0.3 is 0 Å². The number of para-hydroxylation sites is 2. The average molecular weight is 438 g/mol. The van der Waals surface area contributed by atoms with E-state index in [9.17, 15) is 13.2 Å². The molecule has 0 bridgehead atoms. The van der Waals surface area contributed by atoms with E-state index in [4.69, 9.17) is 0 Å². The minimum Gasteiger partial charge on any atom is -0.355 e. The van der Waals surface area contributed by atoms with E-state index in [2.05, 4.69) is 19.7 Å². The summed E-state index contributed by atoms with van der Waals surface area (Å²) in [6.45, 7) is 3.01. The van der Waals surface area contributed by atoms with Crippen LogP contribution < -0.4 is 5.32 Å². The predicted octanol–water partition coefficient (Wildman–Crippen LogP) is 2.60. The standard InChI is InChI=1S/C22H23N5O3S/c1-14(20-24-17-9-3-4-10-18(17)25-20)23-22(28)15-7-6-12-27(13-15)21-16-8-2-5-11-19(16)31(29,30)26-21/h2-5,8-11,14-15H,6-7,12-13H2,1H3,(H,23,28)(H,24,25)/t14-,15?/m0/s1. The van der Waals surface area contributed by atoms with Gasteiger partial charge in [-0.15, -0.1) is 4.40 Å². The molecule has 1 fully saturated rings. The maximum atomic E-state index is 13.0. The van der Waals surface area contributed by atoms with Crippen LogP contribution in [0.5, 0.6) is 0 Å². The number of H-pyrrole nitrogens is 1. The maximum absolute atomic E-state index is 13.0. The van der Waals surface area contributed by atoms with Gasteiger partial charge in [0.05, 0.1) is 23.0 Å². The van der Waals surface area contributed by atoms with E-state index in [1.165, 1.54) is 0 Å². The first-order valence-electron chi connectivity index (χ1n) is 10.4. The summed E-state index contributed by atoms with van der Waals surface area (Å²) in [5.74, 6) is 0.840. The lowest BCUT2D eigenvalue weighted by Crippen LogP contribution is -2.46. The number of fused-ring (bicyclic) bond motifs is 2. The molecule has 1 amide bonds. The zero-order valence-electron chi connectivity index (χ0n) is 17.1. The molecule has 0 spiro atoms. The molecule has 2 aliphatic heterocycles. The van der Waals surface area contributed by atoms with Gasteiger partial charge in [0.1, 0.15) is 10.7 Å². The molecule has 8 nitrogen and oxygen atoms in total. The summed E-state index contributed by atoms with van der Waals surface area (Å²) in [4.78, 5) is 23.0. The number of nitrogens with zero attached hydrogens (tertiary/aromatic N) is 3. The maximum Gasteiger partial charge on any atom is 0.285 e. The third-order valence-electron chi connectivity index (χ3n) is 5.88. The Balaban J connectivity index is 1.31. The molecule has 1 aromatic heterocycles. The van der Waals surface area contributed by atoms with Gasteiger partial charge in [-0.1, -0.05) is 24.3 Å². The Hall–Kier alpha value is -3.20. The molecule has 5 rings (SSSR count). The van der Waals surface area contributed by atoms with Crippen LogP contribution in [-0.2, 0) is 14.8 Å². The van der Waals surface area contributed by atoms with E-state index in [-0.39, 0.29) is 22.8 Å². The Kier molecular flexibility index (Phi) is 4.77. The molecule has 160 valence electrons. The van der Waals surface area contributed by atoms with Gasteiger partial charge in [-0.2, -0.15) is 8.42 Å². The predicted molar refractivity (Wildman–Crippen MR) is 117 cm³/mol. The van der Waals surface area contributed by atoms with Gasteiger partial charge in [0.2, 0.25) is 5.91 Å². The number of piperidine rings is 1. The molecule has 3 heterocycles.